The quantitative estimate of drug-likeness (QED) is 0.861. The molecule has 0 spiro atoms. The minimum Gasteiger partial charge on any atom is -0.361 e. The fraction of sp³-hybridized carbons (Fsp3) is 0.357. The molecule has 90 valence electrons. The number of H-pyrrole nitrogens is 1. The molecule has 0 atom stereocenters. The average molecular weight is 230 g/mol. The van der Waals surface area contributed by atoms with Crippen LogP contribution in [0.4, 0.5) is 0 Å². The molecule has 0 fully saturated rings. The van der Waals surface area contributed by atoms with Gasteiger partial charge in [-0.3, -0.25) is 4.79 Å². The van der Waals surface area contributed by atoms with E-state index in [4.69, 9.17) is 0 Å². The predicted molar refractivity (Wildman–Crippen MR) is 70.2 cm³/mol. The molecule has 2 rings (SSSR count). The molecule has 1 heterocycles. The van der Waals surface area contributed by atoms with Gasteiger partial charge in [0.25, 0.3) is 5.91 Å². The van der Waals surface area contributed by atoms with Crippen molar-refractivity contribution in [2.24, 2.45) is 0 Å². The number of hydrogen-bond acceptors (Lipinski definition) is 1. The Hall–Kier alpha value is -1.77. The van der Waals surface area contributed by atoms with Crippen LogP contribution in [0.5, 0.6) is 0 Å². The van der Waals surface area contributed by atoms with Gasteiger partial charge in [-0.05, 0) is 36.9 Å². The van der Waals surface area contributed by atoms with E-state index in [0.29, 0.717) is 0 Å². The lowest BCUT2D eigenvalue weighted by Gasteiger charge is -2.20. The largest absolute Gasteiger partial charge is 0.361 e. The van der Waals surface area contributed by atoms with Gasteiger partial charge in [0.1, 0.15) is 0 Å². The van der Waals surface area contributed by atoms with Gasteiger partial charge in [-0.2, -0.15) is 0 Å². The molecule has 0 saturated carbocycles. The molecule has 0 aliphatic heterocycles. The number of benzene rings is 1. The number of fused-ring (bicyclic) bond motifs is 1. The van der Waals surface area contributed by atoms with Crippen LogP contribution in [0.1, 0.15) is 30.6 Å². The molecule has 0 saturated heterocycles. The van der Waals surface area contributed by atoms with Gasteiger partial charge in [-0.1, -0.05) is 13.0 Å². The van der Waals surface area contributed by atoms with E-state index in [-0.39, 0.29) is 5.91 Å². The summed E-state index contributed by atoms with van der Waals surface area (Å²) in [4.78, 5) is 17.3. The van der Waals surface area contributed by atoms with E-state index < -0.39 is 0 Å². The molecule has 0 radical (unpaired) electrons. The molecule has 0 unspecified atom stereocenters. The van der Waals surface area contributed by atoms with Crippen molar-refractivity contribution in [3.63, 3.8) is 0 Å². The van der Waals surface area contributed by atoms with Crippen LogP contribution in [0.2, 0.25) is 0 Å². The first-order valence-corrected chi connectivity index (χ1v) is 6.12. The highest BCUT2D eigenvalue weighted by molar-refractivity contribution is 5.97. The lowest BCUT2D eigenvalue weighted by molar-refractivity contribution is 0.0764. The minimum atomic E-state index is 0.117. The molecule has 1 amide bonds. The Labute approximate surface area is 101 Å². The van der Waals surface area contributed by atoms with E-state index in [2.05, 4.69) is 11.9 Å². The molecule has 1 aromatic heterocycles. The molecule has 3 heteroatoms. The van der Waals surface area contributed by atoms with Crippen molar-refractivity contribution < 1.29 is 4.79 Å². The van der Waals surface area contributed by atoms with Crippen molar-refractivity contribution in [1.82, 2.24) is 9.88 Å². The van der Waals surface area contributed by atoms with Crippen molar-refractivity contribution in [1.29, 1.82) is 0 Å². The zero-order chi connectivity index (χ0) is 12.3. The van der Waals surface area contributed by atoms with Crippen molar-refractivity contribution >= 4 is 16.8 Å². The molecule has 17 heavy (non-hydrogen) atoms. The number of aromatic amines is 1. The van der Waals surface area contributed by atoms with Gasteiger partial charge in [0.05, 0.1) is 0 Å². The molecular weight excluding hydrogens is 212 g/mol. The van der Waals surface area contributed by atoms with E-state index in [1.807, 2.05) is 42.3 Å². The predicted octanol–water partition coefficient (Wildman–Crippen LogP) is 3.04. The molecular formula is C14H18N2O. The van der Waals surface area contributed by atoms with Gasteiger partial charge in [0.2, 0.25) is 0 Å². The zero-order valence-electron chi connectivity index (χ0n) is 10.4. The molecule has 0 bridgehead atoms. The third-order valence-corrected chi connectivity index (χ3v) is 2.96. The maximum Gasteiger partial charge on any atom is 0.253 e. The van der Waals surface area contributed by atoms with Crippen molar-refractivity contribution in [2.75, 3.05) is 13.1 Å². The Morgan fingerprint density at radius 3 is 2.82 bits per heavy atom. The number of nitrogens with zero attached hydrogens (tertiary/aromatic N) is 1. The molecule has 0 aliphatic carbocycles. The highest BCUT2D eigenvalue weighted by Gasteiger charge is 2.13. The van der Waals surface area contributed by atoms with Crippen LogP contribution in [0.15, 0.2) is 30.5 Å². The number of carbonyl (C=O) groups excluding carboxylic acids is 1. The lowest BCUT2D eigenvalue weighted by Crippen LogP contribution is -2.31. The first kappa shape index (κ1) is 11.7. The summed E-state index contributed by atoms with van der Waals surface area (Å²) in [5.41, 5.74) is 1.78. The third kappa shape index (κ3) is 2.33. The Bertz CT molecular complexity index is 516. The fourth-order valence-corrected chi connectivity index (χ4v) is 2.04. The molecule has 1 aromatic carbocycles. The SMILES string of the molecule is CCCN(CC)C(=O)c1ccc2cc[nH]c2c1. The van der Waals surface area contributed by atoms with Gasteiger partial charge >= 0.3 is 0 Å². The fourth-order valence-electron chi connectivity index (χ4n) is 2.04. The van der Waals surface area contributed by atoms with Gasteiger partial charge in [0.15, 0.2) is 0 Å². The topological polar surface area (TPSA) is 36.1 Å². The summed E-state index contributed by atoms with van der Waals surface area (Å²) in [5, 5.41) is 1.14. The minimum absolute atomic E-state index is 0.117. The Kier molecular flexibility index (Phi) is 3.47. The normalized spacial score (nSPS) is 10.7. The van der Waals surface area contributed by atoms with Gasteiger partial charge in [0, 0.05) is 30.4 Å². The van der Waals surface area contributed by atoms with Crippen molar-refractivity contribution in [3.8, 4) is 0 Å². The van der Waals surface area contributed by atoms with Crippen molar-refractivity contribution in [2.45, 2.75) is 20.3 Å². The summed E-state index contributed by atoms with van der Waals surface area (Å²) in [6.45, 7) is 5.68. The number of rotatable bonds is 4. The highest BCUT2D eigenvalue weighted by Crippen LogP contribution is 2.15. The van der Waals surface area contributed by atoms with Gasteiger partial charge in [-0.25, -0.2) is 0 Å². The standard InChI is InChI=1S/C14H18N2O/c1-3-9-16(4-2)14(17)12-6-5-11-7-8-15-13(11)10-12/h5-8,10,15H,3-4,9H2,1-2H3. The number of hydrogen-bond donors (Lipinski definition) is 1. The summed E-state index contributed by atoms with van der Waals surface area (Å²) >= 11 is 0. The number of nitrogens with one attached hydrogen (secondary N) is 1. The molecule has 2 aromatic rings. The lowest BCUT2D eigenvalue weighted by atomic mass is 10.1. The Morgan fingerprint density at radius 2 is 2.12 bits per heavy atom. The maximum atomic E-state index is 12.2. The number of amides is 1. The van der Waals surface area contributed by atoms with E-state index in [9.17, 15) is 4.79 Å². The van der Waals surface area contributed by atoms with Gasteiger partial charge < -0.3 is 9.88 Å². The first-order chi connectivity index (χ1) is 8.26. The van der Waals surface area contributed by atoms with Crippen LogP contribution in [0, 0.1) is 0 Å². The Morgan fingerprint density at radius 1 is 1.29 bits per heavy atom. The van der Waals surface area contributed by atoms with Crippen LogP contribution in [-0.4, -0.2) is 28.9 Å². The van der Waals surface area contributed by atoms with Crippen LogP contribution < -0.4 is 0 Å². The zero-order valence-corrected chi connectivity index (χ0v) is 10.4. The van der Waals surface area contributed by atoms with Crippen LogP contribution in [-0.2, 0) is 0 Å². The van der Waals surface area contributed by atoms with Crippen LogP contribution in [0.3, 0.4) is 0 Å². The van der Waals surface area contributed by atoms with E-state index >= 15 is 0 Å². The molecule has 0 aliphatic rings. The van der Waals surface area contributed by atoms with E-state index in [1.54, 1.807) is 0 Å². The second-order valence-corrected chi connectivity index (χ2v) is 4.16. The van der Waals surface area contributed by atoms with Crippen LogP contribution >= 0.6 is 0 Å². The second-order valence-electron chi connectivity index (χ2n) is 4.16. The molecule has 3 nitrogen and oxygen atoms in total. The monoisotopic (exact) mass is 230 g/mol. The van der Waals surface area contributed by atoms with E-state index in [1.165, 1.54) is 0 Å². The first-order valence-electron chi connectivity index (χ1n) is 6.12. The third-order valence-electron chi connectivity index (χ3n) is 2.96. The highest BCUT2D eigenvalue weighted by atomic mass is 16.2. The summed E-state index contributed by atoms with van der Waals surface area (Å²) < 4.78 is 0. The summed E-state index contributed by atoms with van der Waals surface area (Å²) in [6.07, 6.45) is 2.88. The number of carbonyl (C=O) groups is 1. The summed E-state index contributed by atoms with van der Waals surface area (Å²) in [6, 6.07) is 7.82. The second kappa shape index (κ2) is 5.04. The average Bonchev–Trinajstić information content (AvgIpc) is 2.82. The summed E-state index contributed by atoms with van der Waals surface area (Å²) in [5.74, 6) is 0.117. The number of aromatic nitrogens is 1. The summed E-state index contributed by atoms with van der Waals surface area (Å²) in [7, 11) is 0. The van der Waals surface area contributed by atoms with E-state index in [0.717, 1.165) is 36.0 Å². The van der Waals surface area contributed by atoms with Crippen LogP contribution in [0.25, 0.3) is 10.9 Å². The Balaban J connectivity index is 2.28. The van der Waals surface area contributed by atoms with Gasteiger partial charge in [-0.15, -0.1) is 0 Å². The smallest absolute Gasteiger partial charge is 0.253 e. The maximum absolute atomic E-state index is 12.2. The molecule has 1 N–H and O–H groups in total. The van der Waals surface area contributed by atoms with Crippen molar-refractivity contribution in [3.05, 3.63) is 36.0 Å².